The maximum absolute atomic E-state index is 12.5. The van der Waals surface area contributed by atoms with Gasteiger partial charge in [-0.15, -0.1) is 0 Å². The number of allylic oxidation sites excluding steroid dienone is 4. The van der Waals surface area contributed by atoms with Crippen LogP contribution in [0.3, 0.4) is 0 Å². The number of benzene rings is 1. The molecule has 0 saturated carbocycles. The van der Waals surface area contributed by atoms with Crippen LogP contribution in [0.15, 0.2) is 47.7 Å². The molecule has 1 N–H and O–H groups in total. The first kappa shape index (κ1) is 17.4. The average Bonchev–Trinajstić information content (AvgIpc) is 2.54. The van der Waals surface area contributed by atoms with Crippen molar-refractivity contribution in [1.82, 2.24) is 0 Å². The summed E-state index contributed by atoms with van der Waals surface area (Å²) < 4.78 is 5.27. The van der Waals surface area contributed by atoms with Gasteiger partial charge in [0.1, 0.15) is 5.75 Å². The van der Waals surface area contributed by atoms with E-state index in [4.69, 9.17) is 9.84 Å². The third kappa shape index (κ3) is 4.28. The number of Topliss-reactive ketones (excluding diaryl/α,β-unsaturated/α-hetero) is 1. The number of carbonyl (C=O) groups excluding carboxylic acids is 1. The predicted molar refractivity (Wildman–Crippen MR) is 85.5 cm³/mol. The van der Waals surface area contributed by atoms with E-state index in [2.05, 4.69) is 0 Å². The molecule has 126 valence electrons. The standard InChI is InChI=1S/C17H17NO6/c1-11-10-13(18(22)23)4-7-15(11)17(21)12-2-5-14(6-3-12)24-9-8-16(19)20/h2-7,11H,8-10H2,1H3,(H,19,20). The van der Waals surface area contributed by atoms with E-state index in [-0.39, 0.29) is 36.8 Å². The molecule has 1 unspecified atom stereocenters. The molecule has 0 radical (unpaired) electrons. The Morgan fingerprint density at radius 2 is 1.96 bits per heavy atom. The lowest BCUT2D eigenvalue weighted by molar-refractivity contribution is -0.428. The minimum Gasteiger partial charge on any atom is -0.493 e. The van der Waals surface area contributed by atoms with Gasteiger partial charge in [-0.05, 0) is 36.3 Å². The number of nitrogens with zero attached hydrogens (tertiary/aromatic N) is 1. The van der Waals surface area contributed by atoms with Crippen molar-refractivity contribution in [2.75, 3.05) is 6.61 Å². The van der Waals surface area contributed by atoms with Crippen molar-refractivity contribution in [2.45, 2.75) is 19.8 Å². The Balaban J connectivity index is 2.07. The number of carbonyl (C=O) groups is 2. The van der Waals surface area contributed by atoms with Crippen molar-refractivity contribution >= 4 is 11.8 Å². The van der Waals surface area contributed by atoms with Crippen molar-refractivity contribution in [2.24, 2.45) is 5.92 Å². The lowest BCUT2D eigenvalue weighted by Crippen LogP contribution is -2.17. The molecular formula is C17H17NO6. The monoisotopic (exact) mass is 331 g/mol. The van der Waals surface area contributed by atoms with Gasteiger partial charge in [-0.1, -0.05) is 6.92 Å². The molecule has 0 saturated heterocycles. The summed E-state index contributed by atoms with van der Waals surface area (Å²) in [5, 5.41) is 19.3. The molecule has 2 rings (SSSR count). The van der Waals surface area contributed by atoms with Gasteiger partial charge >= 0.3 is 5.97 Å². The highest BCUT2D eigenvalue weighted by atomic mass is 16.6. The van der Waals surface area contributed by atoms with Crippen LogP contribution in [0.1, 0.15) is 30.1 Å². The first-order chi connectivity index (χ1) is 11.4. The Labute approximate surface area is 138 Å². The maximum Gasteiger partial charge on any atom is 0.306 e. The Morgan fingerprint density at radius 1 is 1.29 bits per heavy atom. The lowest BCUT2D eigenvalue weighted by Gasteiger charge is -2.17. The zero-order chi connectivity index (χ0) is 17.7. The predicted octanol–water partition coefficient (Wildman–Crippen LogP) is 2.85. The molecule has 0 aromatic heterocycles. The van der Waals surface area contributed by atoms with Crippen molar-refractivity contribution in [3.05, 3.63) is 63.4 Å². The third-order valence-electron chi connectivity index (χ3n) is 3.70. The second kappa shape index (κ2) is 7.54. The minimum absolute atomic E-state index is 0.0548. The van der Waals surface area contributed by atoms with Gasteiger partial charge in [0.25, 0.3) is 0 Å². The summed E-state index contributed by atoms with van der Waals surface area (Å²) in [5.74, 6) is -0.871. The number of ether oxygens (including phenoxy) is 1. The molecular weight excluding hydrogens is 314 g/mol. The van der Waals surface area contributed by atoms with Gasteiger partial charge in [-0.2, -0.15) is 0 Å². The van der Waals surface area contributed by atoms with E-state index in [0.29, 0.717) is 16.9 Å². The molecule has 1 aliphatic carbocycles. The zero-order valence-electron chi connectivity index (χ0n) is 13.1. The van der Waals surface area contributed by atoms with Crippen molar-refractivity contribution in [1.29, 1.82) is 0 Å². The molecule has 0 fully saturated rings. The highest BCUT2D eigenvalue weighted by molar-refractivity contribution is 6.09. The number of aliphatic carboxylic acids is 1. The largest absolute Gasteiger partial charge is 0.493 e. The fraction of sp³-hybridized carbons (Fsp3) is 0.294. The molecule has 1 aromatic carbocycles. The van der Waals surface area contributed by atoms with Crippen LogP contribution < -0.4 is 4.74 Å². The van der Waals surface area contributed by atoms with Gasteiger partial charge in [-0.3, -0.25) is 19.7 Å². The van der Waals surface area contributed by atoms with E-state index in [9.17, 15) is 19.7 Å². The van der Waals surface area contributed by atoms with Gasteiger partial charge in [0.15, 0.2) is 5.78 Å². The fourth-order valence-corrected chi connectivity index (χ4v) is 2.40. The number of hydrogen-bond donors (Lipinski definition) is 1. The highest BCUT2D eigenvalue weighted by Gasteiger charge is 2.26. The molecule has 0 heterocycles. The number of carboxylic acids is 1. The van der Waals surface area contributed by atoms with E-state index in [0.717, 1.165) is 0 Å². The molecule has 0 spiro atoms. The normalized spacial score (nSPS) is 16.8. The molecule has 0 amide bonds. The van der Waals surface area contributed by atoms with Gasteiger partial charge < -0.3 is 9.84 Å². The van der Waals surface area contributed by atoms with Gasteiger partial charge in [0, 0.05) is 23.6 Å². The SMILES string of the molecule is CC1CC([N+](=O)[O-])=CC=C1C(=O)c1ccc(OCCC(=O)O)cc1. The van der Waals surface area contributed by atoms with Crippen LogP contribution in [-0.2, 0) is 4.79 Å². The van der Waals surface area contributed by atoms with Crippen LogP contribution in [-0.4, -0.2) is 28.4 Å². The number of carboxylic acid groups (broad SMARTS) is 1. The Kier molecular flexibility index (Phi) is 5.47. The molecule has 1 atom stereocenters. The quantitative estimate of drug-likeness (QED) is 0.468. The molecule has 0 aliphatic heterocycles. The zero-order valence-corrected chi connectivity index (χ0v) is 13.1. The second-order valence-corrected chi connectivity index (χ2v) is 5.49. The first-order valence-corrected chi connectivity index (χ1v) is 7.43. The highest BCUT2D eigenvalue weighted by Crippen LogP contribution is 2.28. The van der Waals surface area contributed by atoms with Crippen LogP contribution in [0.2, 0.25) is 0 Å². The number of rotatable bonds is 7. The minimum atomic E-state index is -0.942. The average molecular weight is 331 g/mol. The molecule has 7 heteroatoms. The van der Waals surface area contributed by atoms with E-state index >= 15 is 0 Å². The van der Waals surface area contributed by atoms with Crippen molar-refractivity contribution in [3.63, 3.8) is 0 Å². The third-order valence-corrected chi connectivity index (χ3v) is 3.70. The first-order valence-electron chi connectivity index (χ1n) is 7.43. The Hall–Kier alpha value is -2.96. The van der Waals surface area contributed by atoms with Crippen LogP contribution in [0.4, 0.5) is 0 Å². The molecule has 7 nitrogen and oxygen atoms in total. The van der Waals surface area contributed by atoms with Crippen LogP contribution in [0.5, 0.6) is 5.75 Å². The van der Waals surface area contributed by atoms with E-state index in [1.54, 1.807) is 31.2 Å². The number of ketones is 1. The van der Waals surface area contributed by atoms with Crippen LogP contribution >= 0.6 is 0 Å². The van der Waals surface area contributed by atoms with Gasteiger partial charge in [0.2, 0.25) is 5.70 Å². The van der Waals surface area contributed by atoms with Crippen molar-refractivity contribution in [3.8, 4) is 5.75 Å². The van der Waals surface area contributed by atoms with Gasteiger partial charge in [0.05, 0.1) is 18.0 Å². The summed E-state index contributed by atoms with van der Waals surface area (Å²) >= 11 is 0. The summed E-state index contributed by atoms with van der Waals surface area (Å²) in [6, 6.07) is 6.39. The Bertz CT molecular complexity index is 717. The summed E-state index contributed by atoms with van der Waals surface area (Å²) in [6.45, 7) is 1.84. The topological polar surface area (TPSA) is 107 Å². The molecule has 24 heavy (non-hydrogen) atoms. The van der Waals surface area contributed by atoms with Crippen LogP contribution in [0, 0.1) is 16.0 Å². The van der Waals surface area contributed by atoms with Gasteiger partial charge in [-0.25, -0.2) is 0 Å². The molecule has 1 aromatic rings. The lowest BCUT2D eigenvalue weighted by atomic mass is 9.86. The van der Waals surface area contributed by atoms with E-state index < -0.39 is 10.9 Å². The molecule has 1 aliphatic rings. The maximum atomic E-state index is 12.5. The molecule has 0 bridgehead atoms. The number of hydrogen-bond acceptors (Lipinski definition) is 5. The number of nitro groups is 1. The van der Waals surface area contributed by atoms with Crippen LogP contribution in [0.25, 0.3) is 0 Å². The summed E-state index contributed by atoms with van der Waals surface area (Å²) in [5.41, 5.74) is 1.08. The summed E-state index contributed by atoms with van der Waals surface area (Å²) in [7, 11) is 0. The smallest absolute Gasteiger partial charge is 0.306 e. The van der Waals surface area contributed by atoms with E-state index in [1.807, 2.05) is 0 Å². The fourth-order valence-electron chi connectivity index (χ4n) is 2.40. The van der Waals surface area contributed by atoms with E-state index in [1.165, 1.54) is 12.2 Å². The Morgan fingerprint density at radius 3 is 2.50 bits per heavy atom. The second-order valence-electron chi connectivity index (χ2n) is 5.49. The van der Waals surface area contributed by atoms with Crippen molar-refractivity contribution < 1.29 is 24.4 Å². The summed E-state index contributed by atoms with van der Waals surface area (Å²) in [6.07, 6.45) is 3.00. The summed E-state index contributed by atoms with van der Waals surface area (Å²) in [4.78, 5) is 33.3.